The Kier molecular flexibility index (Phi) is 5.22. The van der Waals surface area contributed by atoms with Gasteiger partial charge in [0.05, 0.1) is 25.4 Å². The molecule has 9 heteroatoms. The predicted molar refractivity (Wildman–Crippen MR) is 109 cm³/mol. The molecule has 0 unspecified atom stereocenters. The summed E-state index contributed by atoms with van der Waals surface area (Å²) in [7, 11) is -4.24. The first-order valence-electron chi connectivity index (χ1n) is 8.42. The third-order valence-electron chi connectivity index (χ3n) is 4.50. The van der Waals surface area contributed by atoms with E-state index in [1.54, 1.807) is 0 Å². The molecule has 152 valence electrons. The van der Waals surface area contributed by atoms with Crippen LogP contribution in [0.15, 0.2) is 70.6 Å². The topological polar surface area (TPSA) is 47.0 Å². The summed E-state index contributed by atoms with van der Waals surface area (Å²) >= 11 is 11.6. The van der Waals surface area contributed by atoms with E-state index < -0.39 is 27.3 Å². The van der Waals surface area contributed by atoms with Gasteiger partial charge in [0, 0.05) is 17.1 Å². The Labute approximate surface area is 179 Å². The fourth-order valence-electron chi connectivity index (χ4n) is 3.06. The fraction of sp³-hybridized carbons (Fsp3) is 0. The van der Waals surface area contributed by atoms with Gasteiger partial charge in [-0.15, -0.1) is 0 Å². The van der Waals surface area contributed by atoms with Crippen LogP contribution >= 0.6 is 23.2 Å². The Bertz CT molecular complexity index is 1410. The van der Waals surface area contributed by atoms with Gasteiger partial charge in [-0.25, -0.2) is 21.6 Å². The molecular weight excluding hydrogens is 458 g/mol. The van der Waals surface area contributed by atoms with E-state index in [9.17, 15) is 21.6 Å². The summed E-state index contributed by atoms with van der Waals surface area (Å²) in [6, 6.07) is 10.4. The molecule has 0 spiro atoms. The lowest BCUT2D eigenvalue weighted by Crippen LogP contribution is -2.06. The molecule has 0 saturated heterocycles. The van der Waals surface area contributed by atoms with Crippen molar-refractivity contribution in [2.45, 2.75) is 9.79 Å². The van der Waals surface area contributed by atoms with Crippen molar-refractivity contribution in [3.05, 3.63) is 88.3 Å². The number of fused-ring (bicyclic) bond motifs is 1. The lowest BCUT2D eigenvalue weighted by Gasteiger charge is -2.14. The first-order valence-corrected chi connectivity index (χ1v) is 10.7. The van der Waals surface area contributed by atoms with Crippen molar-refractivity contribution in [1.29, 1.82) is 0 Å². The van der Waals surface area contributed by atoms with Gasteiger partial charge in [0.2, 0.25) is 9.84 Å². The minimum Gasteiger partial charge on any atom is -0.255 e. The zero-order chi connectivity index (χ0) is 21.6. The summed E-state index contributed by atoms with van der Waals surface area (Å²) in [4.78, 5) is 3.56. The lowest BCUT2D eigenvalue weighted by atomic mass is 10.0. The van der Waals surface area contributed by atoms with Crippen LogP contribution in [-0.2, 0) is 9.84 Å². The SMILES string of the molecule is O=S(=O)(c1ccc(F)c(Cl)c1)c1cnc2cc(Cl)c(F)cc2c1-c1ccc(F)cc1. The second-order valence-electron chi connectivity index (χ2n) is 6.37. The lowest BCUT2D eigenvalue weighted by molar-refractivity contribution is 0.594. The van der Waals surface area contributed by atoms with Gasteiger partial charge < -0.3 is 0 Å². The quantitative estimate of drug-likeness (QED) is 0.325. The van der Waals surface area contributed by atoms with Crippen molar-refractivity contribution in [1.82, 2.24) is 4.98 Å². The van der Waals surface area contributed by atoms with E-state index >= 15 is 0 Å². The minimum atomic E-state index is -4.24. The highest BCUT2D eigenvalue weighted by Gasteiger charge is 2.26. The molecule has 0 amide bonds. The smallest absolute Gasteiger partial charge is 0.208 e. The summed E-state index contributed by atoms with van der Waals surface area (Å²) < 4.78 is 67.9. The Hall–Kier alpha value is -2.61. The standard InChI is InChI=1S/C21H10Cl2F3NO2S/c22-15-7-13(5-6-17(15)25)30(28,29)20-10-27-19-9-16(23)18(26)8-14(19)21(20)11-1-3-12(24)4-2-11/h1-10H. The number of rotatable bonds is 3. The monoisotopic (exact) mass is 467 g/mol. The molecule has 0 aliphatic carbocycles. The van der Waals surface area contributed by atoms with Crippen molar-refractivity contribution < 1.29 is 21.6 Å². The van der Waals surface area contributed by atoms with E-state index in [1.165, 1.54) is 18.2 Å². The number of pyridine rings is 1. The molecule has 30 heavy (non-hydrogen) atoms. The number of aromatic nitrogens is 1. The van der Waals surface area contributed by atoms with Crippen LogP contribution in [-0.4, -0.2) is 13.4 Å². The van der Waals surface area contributed by atoms with Crippen molar-refractivity contribution in [2.75, 3.05) is 0 Å². The molecule has 0 aliphatic heterocycles. The Balaban J connectivity index is 2.09. The van der Waals surface area contributed by atoms with Crippen molar-refractivity contribution in [2.24, 2.45) is 0 Å². The van der Waals surface area contributed by atoms with E-state index in [2.05, 4.69) is 4.98 Å². The van der Waals surface area contributed by atoms with Crippen LogP contribution < -0.4 is 0 Å². The van der Waals surface area contributed by atoms with Crippen LogP contribution in [0.5, 0.6) is 0 Å². The minimum absolute atomic E-state index is 0.107. The summed E-state index contributed by atoms with van der Waals surface area (Å²) in [6.45, 7) is 0. The summed E-state index contributed by atoms with van der Waals surface area (Å²) in [5.74, 6) is -2.07. The fourth-order valence-corrected chi connectivity index (χ4v) is 4.92. The van der Waals surface area contributed by atoms with Crippen LogP contribution in [0.4, 0.5) is 13.2 Å². The number of sulfone groups is 1. The van der Waals surface area contributed by atoms with E-state index in [4.69, 9.17) is 23.2 Å². The predicted octanol–water partition coefficient (Wildman–Crippen LogP) is 6.46. The molecule has 0 N–H and O–H groups in total. The molecule has 1 heterocycles. The normalized spacial score (nSPS) is 11.8. The van der Waals surface area contributed by atoms with Crippen LogP contribution in [0.25, 0.3) is 22.0 Å². The Morgan fingerprint density at radius 2 is 1.47 bits per heavy atom. The highest BCUT2D eigenvalue weighted by atomic mass is 35.5. The van der Waals surface area contributed by atoms with E-state index in [0.29, 0.717) is 5.56 Å². The first kappa shape index (κ1) is 20.7. The maximum absolute atomic E-state index is 14.2. The molecule has 0 saturated carbocycles. The van der Waals surface area contributed by atoms with Gasteiger partial charge in [-0.3, -0.25) is 4.98 Å². The average molecular weight is 468 g/mol. The third-order valence-corrected chi connectivity index (χ3v) is 6.84. The van der Waals surface area contributed by atoms with Gasteiger partial charge in [-0.1, -0.05) is 35.3 Å². The Morgan fingerprint density at radius 3 is 2.13 bits per heavy atom. The molecule has 4 rings (SSSR count). The van der Waals surface area contributed by atoms with Crippen LogP contribution in [0, 0.1) is 17.5 Å². The van der Waals surface area contributed by atoms with E-state index in [-0.39, 0.29) is 36.3 Å². The number of hydrogen-bond acceptors (Lipinski definition) is 3. The number of halogens is 5. The summed E-state index contributed by atoms with van der Waals surface area (Å²) in [5, 5.41) is -0.384. The second-order valence-corrected chi connectivity index (χ2v) is 9.10. The first-order chi connectivity index (χ1) is 14.2. The van der Waals surface area contributed by atoms with Crippen LogP contribution in [0.3, 0.4) is 0 Å². The largest absolute Gasteiger partial charge is 0.255 e. The van der Waals surface area contributed by atoms with Gasteiger partial charge >= 0.3 is 0 Å². The summed E-state index contributed by atoms with van der Waals surface area (Å²) in [5.41, 5.74) is 0.671. The van der Waals surface area contributed by atoms with Crippen molar-refractivity contribution in [3.63, 3.8) is 0 Å². The van der Waals surface area contributed by atoms with Crippen molar-refractivity contribution >= 4 is 43.9 Å². The molecule has 0 atom stereocenters. The molecule has 0 radical (unpaired) electrons. The molecule has 3 nitrogen and oxygen atoms in total. The number of benzene rings is 3. The highest BCUT2D eigenvalue weighted by molar-refractivity contribution is 7.91. The van der Waals surface area contributed by atoms with Crippen LogP contribution in [0.2, 0.25) is 10.0 Å². The molecule has 0 fully saturated rings. The van der Waals surface area contributed by atoms with E-state index in [1.807, 2.05) is 0 Å². The maximum atomic E-state index is 14.2. The van der Waals surface area contributed by atoms with Gasteiger partial charge in [-0.2, -0.15) is 0 Å². The second kappa shape index (κ2) is 7.58. The molecule has 0 aliphatic rings. The summed E-state index contributed by atoms with van der Waals surface area (Å²) in [6.07, 6.45) is 1.10. The zero-order valence-electron chi connectivity index (χ0n) is 14.8. The molecular formula is C21H10Cl2F3NO2S. The van der Waals surface area contributed by atoms with Crippen molar-refractivity contribution in [3.8, 4) is 11.1 Å². The highest BCUT2D eigenvalue weighted by Crippen LogP contribution is 2.38. The van der Waals surface area contributed by atoms with Gasteiger partial charge in [-0.05, 0) is 48.0 Å². The van der Waals surface area contributed by atoms with Gasteiger partial charge in [0.25, 0.3) is 0 Å². The molecule has 4 aromatic rings. The third kappa shape index (κ3) is 3.53. The van der Waals surface area contributed by atoms with Crippen LogP contribution in [0.1, 0.15) is 0 Å². The van der Waals surface area contributed by atoms with E-state index in [0.717, 1.165) is 42.6 Å². The van der Waals surface area contributed by atoms with Gasteiger partial charge in [0.1, 0.15) is 17.5 Å². The molecule has 1 aromatic heterocycles. The number of hydrogen-bond donors (Lipinski definition) is 0. The average Bonchev–Trinajstić information content (AvgIpc) is 2.71. The molecule has 0 bridgehead atoms. The molecule has 3 aromatic carbocycles. The maximum Gasteiger partial charge on any atom is 0.208 e. The number of nitrogens with zero attached hydrogens (tertiary/aromatic N) is 1. The Morgan fingerprint density at radius 1 is 0.800 bits per heavy atom. The zero-order valence-corrected chi connectivity index (χ0v) is 17.2. The van der Waals surface area contributed by atoms with Gasteiger partial charge in [0.15, 0.2) is 0 Å².